The average molecular weight is 393 g/mol. The van der Waals surface area contributed by atoms with E-state index in [2.05, 4.69) is 64.0 Å². The van der Waals surface area contributed by atoms with Gasteiger partial charge in [-0.2, -0.15) is 0 Å². The summed E-state index contributed by atoms with van der Waals surface area (Å²) in [7, 11) is 1.71. The van der Waals surface area contributed by atoms with Crippen molar-refractivity contribution in [2.75, 3.05) is 7.11 Å². The molecule has 0 radical (unpaired) electrons. The second-order valence-corrected chi connectivity index (χ2v) is 6.88. The quantitative estimate of drug-likeness (QED) is 0.693. The summed E-state index contributed by atoms with van der Waals surface area (Å²) in [6.45, 7) is 7.60. The van der Waals surface area contributed by atoms with E-state index in [1.54, 1.807) is 7.11 Å². The van der Waals surface area contributed by atoms with Gasteiger partial charge in [0.2, 0.25) is 0 Å². The lowest BCUT2D eigenvalue weighted by atomic mass is 10.0. The zero-order chi connectivity index (χ0) is 14.4. The number of rotatable bonds is 7. The molecule has 0 saturated heterocycles. The van der Waals surface area contributed by atoms with E-state index in [0.29, 0.717) is 6.04 Å². The van der Waals surface area contributed by atoms with Gasteiger partial charge in [0.15, 0.2) is 0 Å². The first kappa shape index (κ1) is 17.0. The van der Waals surface area contributed by atoms with Gasteiger partial charge in [-0.15, -0.1) is 0 Å². The van der Waals surface area contributed by atoms with Crippen LogP contribution in [0.25, 0.3) is 0 Å². The van der Waals surface area contributed by atoms with E-state index < -0.39 is 0 Å². The van der Waals surface area contributed by atoms with Crippen LogP contribution in [0.5, 0.6) is 5.75 Å². The van der Waals surface area contributed by atoms with Crippen molar-refractivity contribution < 1.29 is 4.74 Å². The zero-order valence-corrected chi connectivity index (χ0v) is 15.3. The van der Waals surface area contributed by atoms with Crippen LogP contribution in [0, 0.1) is 5.92 Å². The Morgan fingerprint density at radius 1 is 1.26 bits per heavy atom. The fourth-order valence-corrected chi connectivity index (χ4v) is 3.59. The Hall–Kier alpha value is -0.0600. The molecule has 2 unspecified atom stereocenters. The molecule has 0 saturated carbocycles. The number of nitrogens with one attached hydrogen (secondary N) is 1. The number of hydrogen-bond donors (Lipinski definition) is 1. The third-order valence-corrected chi connectivity index (χ3v) is 4.43. The van der Waals surface area contributed by atoms with Crippen LogP contribution in [-0.4, -0.2) is 13.2 Å². The first-order valence-corrected chi connectivity index (χ1v) is 8.31. The Morgan fingerprint density at radius 3 is 2.53 bits per heavy atom. The summed E-state index contributed by atoms with van der Waals surface area (Å²) in [5.41, 5.74) is 1.17. The smallest absolute Gasteiger partial charge is 0.137 e. The Kier molecular flexibility index (Phi) is 7.40. The SMILES string of the molecule is CCC(C)CC(C)NCc1cc(Br)cc(Br)c1OC. The van der Waals surface area contributed by atoms with Crippen LogP contribution in [0.2, 0.25) is 0 Å². The highest BCUT2D eigenvalue weighted by Crippen LogP contribution is 2.32. The second kappa shape index (κ2) is 8.28. The molecule has 19 heavy (non-hydrogen) atoms. The predicted molar refractivity (Wildman–Crippen MR) is 88.8 cm³/mol. The lowest BCUT2D eigenvalue weighted by Gasteiger charge is -2.19. The van der Waals surface area contributed by atoms with Gasteiger partial charge in [-0.3, -0.25) is 0 Å². The highest BCUT2D eigenvalue weighted by atomic mass is 79.9. The molecule has 2 atom stereocenters. The fraction of sp³-hybridized carbons (Fsp3) is 0.600. The molecule has 0 spiro atoms. The first-order valence-electron chi connectivity index (χ1n) is 6.73. The van der Waals surface area contributed by atoms with Crippen LogP contribution in [0.1, 0.15) is 39.2 Å². The molecule has 0 heterocycles. The molecule has 4 heteroatoms. The largest absolute Gasteiger partial charge is 0.495 e. The maximum Gasteiger partial charge on any atom is 0.137 e. The van der Waals surface area contributed by atoms with Crippen LogP contribution in [0.4, 0.5) is 0 Å². The highest BCUT2D eigenvalue weighted by molar-refractivity contribution is 9.11. The predicted octanol–water partition coefficient (Wildman–Crippen LogP) is 5.13. The van der Waals surface area contributed by atoms with Crippen molar-refractivity contribution in [1.82, 2.24) is 5.32 Å². The maximum absolute atomic E-state index is 5.46. The number of ether oxygens (including phenoxy) is 1. The molecule has 0 aliphatic heterocycles. The van der Waals surface area contributed by atoms with Crippen molar-refractivity contribution in [2.45, 2.75) is 46.2 Å². The summed E-state index contributed by atoms with van der Waals surface area (Å²) in [6.07, 6.45) is 2.44. The van der Waals surface area contributed by atoms with Crippen molar-refractivity contribution in [3.05, 3.63) is 26.6 Å². The third kappa shape index (κ3) is 5.44. The van der Waals surface area contributed by atoms with Gasteiger partial charge in [-0.25, -0.2) is 0 Å². The Bertz CT molecular complexity index is 409. The summed E-state index contributed by atoms with van der Waals surface area (Å²) in [4.78, 5) is 0. The average Bonchev–Trinajstić information content (AvgIpc) is 2.35. The first-order chi connectivity index (χ1) is 8.97. The van der Waals surface area contributed by atoms with E-state index in [0.717, 1.165) is 27.2 Å². The van der Waals surface area contributed by atoms with Crippen LogP contribution in [0.15, 0.2) is 21.1 Å². The van der Waals surface area contributed by atoms with Crippen LogP contribution in [-0.2, 0) is 6.54 Å². The molecule has 2 nitrogen and oxygen atoms in total. The number of hydrogen-bond acceptors (Lipinski definition) is 2. The molecular formula is C15H23Br2NO. The van der Waals surface area contributed by atoms with Gasteiger partial charge in [-0.1, -0.05) is 36.2 Å². The van der Waals surface area contributed by atoms with Gasteiger partial charge in [0, 0.05) is 22.6 Å². The summed E-state index contributed by atoms with van der Waals surface area (Å²) < 4.78 is 7.50. The van der Waals surface area contributed by atoms with E-state index in [1.165, 1.54) is 18.4 Å². The van der Waals surface area contributed by atoms with E-state index >= 15 is 0 Å². The minimum absolute atomic E-state index is 0.511. The molecular weight excluding hydrogens is 370 g/mol. The van der Waals surface area contributed by atoms with E-state index in [-0.39, 0.29) is 0 Å². The Labute approximate surface area is 133 Å². The topological polar surface area (TPSA) is 21.3 Å². The molecule has 0 aliphatic rings. The third-order valence-electron chi connectivity index (χ3n) is 3.38. The van der Waals surface area contributed by atoms with Gasteiger partial charge < -0.3 is 10.1 Å². The summed E-state index contributed by atoms with van der Waals surface area (Å²) in [5.74, 6) is 1.67. The van der Waals surface area contributed by atoms with Gasteiger partial charge in [0.25, 0.3) is 0 Å². The standard InChI is InChI=1S/C15H23Br2NO/c1-5-10(2)6-11(3)18-9-12-7-13(16)8-14(17)15(12)19-4/h7-8,10-11,18H,5-6,9H2,1-4H3. The van der Waals surface area contributed by atoms with Gasteiger partial charge in [0.1, 0.15) is 5.75 Å². The summed E-state index contributed by atoms with van der Waals surface area (Å²) in [6, 6.07) is 4.62. The molecule has 1 aromatic rings. The zero-order valence-electron chi connectivity index (χ0n) is 12.1. The molecule has 1 N–H and O–H groups in total. The number of methoxy groups -OCH3 is 1. The fourth-order valence-electron chi connectivity index (χ4n) is 2.11. The van der Waals surface area contributed by atoms with Crippen LogP contribution < -0.4 is 10.1 Å². The van der Waals surface area contributed by atoms with E-state index in [9.17, 15) is 0 Å². The van der Waals surface area contributed by atoms with Crippen molar-refractivity contribution in [1.29, 1.82) is 0 Å². The molecule has 0 aliphatic carbocycles. The van der Waals surface area contributed by atoms with Crippen molar-refractivity contribution >= 4 is 31.9 Å². The minimum Gasteiger partial charge on any atom is -0.495 e. The highest BCUT2D eigenvalue weighted by Gasteiger charge is 2.11. The normalized spacial score (nSPS) is 14.2. The van der Waals surface area contributed by atoms with Crippen LogP contribution >= 0.6 is 31.9 Å². The second-order valence-electron chi connectivity index (χ2n) is 5.11. The molecule has 0 bridgehead atoms. The summed E-state index contributed by atoms with van der Waals surface area (Å²) >= 11 is 7.06. The number of benzene rings is 1. The van der Waals surface area contributed by atoms with Crippen molar-refractivity contribution in [3.63, 3.8) is 0 Å². The van der Waals surface area contributed by atoms with Gasteiger partial charge in [-0.05, 0) is 47.3 Å². The minimum atomic E-state index is 0.511. The lowest BCUT2D eigenvalue weighted by Crippen LogP contribution is -2.27. The Morgan fingerprint density at radius 2 is 1.95 bits per heavy atom. The van der Waals surface area contributed by atoms with E-state index in [1.807, 2.05) is 6.07 Å². The summed E-state index contributed by atoms with van der Waals surface area (Å²) in [5, 5.41) is 3.57. The van der Waals surface area contributed by atoms with Crippen molar-refractivity contribution in [2.24, 2.45) is 5.92 Å². The molecule has 1 aromatic carbocycles. The molecule has 1 rings (SSSR count). The van der Waals surface area contributed by atoms with E-state index in [4.69, 9.17) is 4.74 Å². The number of halogens is 2. The Balaban J connectivity index is 2.67. The van der Waals surface area contributed by atoms with Gasteiger partial charge in [0.05, 0.1) is 11.6 Å². The molecule has 0 fully saturated rings. The maximum atomic E-state index is 5.46. The van der Waals surface area contributed by atoms with Crippen LogP contribution in [0.3, 0.4) is 0 Å². The lowest BCUT2D eigenvalue weighted by molar-refractivity contribution is 0.391. The monoisotopic (exact) mass is 391 g/mol. The van der Waals surface area contributed by atoms with Gasteiger partial charge >= 0.3 is 0 Å². The molecule has 0 aromatic heterocycles. The molecule has 108 valence electrons. The van der Waals surface area contributed by atoms with Crippen molar-refractivity contribution in [3.8, 4) is 5.75 Å². The molecule has 0 amide bonds.